The van der Waals surface area contributed by atoms with E-state index in [1.54, 1.807) is -2.15 Å². The van der Waals surface area contributed by atoms with E-state index >= 15 is 0 Å². The third-order valence-corrected chi connectivity index (χ3v) is 2.93. The van der Waals surface area contributed by atoms with Crippen molar-refractivity contribution in [3.05, 3.63) is 0 Å². The molecule has 4 N–H and O–H groups in total. The maximum atomic E-state index is 7.33. The van der Waals surface area contributed by atoms with Gasteiger partial charge in [-0.3, -0.25) is 0 Å². The summed E-state index contributed by atoms with van der Waals surface area (Å²) in [6.07, 6.45) is 2.89. The fraction of sp³-hybridized carbons (Fsp3) is 1.00. The van der Waals surface area contributed by atoms with Crippen LogP contribution in [0.25, 0.3) is 0 Å². The van der Waals surface area contributed by atoms with Crippen LogP contribution in [0.5, 0.6) is 0 Å². The Hall–Kier alpha value is 2.11. The molecule has 0 bridgehead atoms. The second-order valence-electron chi connectivity index (χ2n) is 1.95. The molecule has 0 radical (unpaired) electrons. The Bertz CT molecular complexity index is 56.8. The van der Waals surface area contributed by atoms with Gasteiger partial charge in [0.1, 0.15) is 0 Å². The molecule has 6 heteroatoms. The summed E-state index contributed by atoms with van der Waals surface area (Å²) in [6, 6.07) is 0. The van der Waals surface area contributed by atoms with Gasteiger partial charge < -0.3 is 19.2 Å². The van der Waals surface area contributed by atoms with Crippen LogP contribution in [0.3, 0.4) is 0 Å². The van der Waals surface area contributed by atoms with Crippen LogP contribution >= 0.6 is 0 Å². The van der Waals surface area contributed by atoms with E-state index in [4.69, 9.17) is 19.2 Å². The Morgan fingerprint density at radius 1 is 1.20 bits per heavy atom. The number of hydrogen-bond acceptors (Lipinski definition) is 4. The van der Waals surface area contributed by atoms with Gasteiger partial charge in [-0.2, -0.15) is 0 Å². The van der Waals surface area contributed by atoms with Gasteiger partial charge in [0.25, 0.3) is 0 Å². The smallest absolute Gasteiger partial charge is 0.368 e. The third kappa shape index (κ3) is 49.7. The molecular weight excluding hydrogens is 273 g/mol. The van der Waals surface area contributed by atoms with Crippen LogP contribution in [0.2, 0.25) is -2.15 Å². The van der Waals surface area contributed by atoms with E-state index in [1.807, 2.05) is 0 Å². The molecule has 0 saturated carbocycles. The molecule has 0 amide bonds. The molecule has 4 nitrogen and oxygen atoms in total. The Morgan fingerprint density at radius 3 is 1.50 bits per heavy atom. The van der Waals surface area contributed by atoms with Crippen molar-refractivity contribution in [1.29, 1.82) is 0 Å². The average Bonchev–Trinajstić information content (AvgIpc) is 1.63. The quantitative estimate of drug-likeness (QED) is 0.479. The first kappa shape index (κ1) is 14.6. The van der Waals surface area contributed by atoms with E-state index < -0.39 is 9.05 Å². The number of hydrogen-bond donors (Lipinski definition) is 4. The van der Waals surface area contributed by atoms with Crippen molar-refractivity contribution in [2.45, 2.75) is 17.6 Å². The van der Waals surface area contributed by atoms with Crippen molar-refractivity contribution in [3.8, 4) is 0 Å². The second-order valence-corrected chi connectivity index (χ2v) is 6.29. The minimum absolute atomic E-state index is 0.911. The molecule has 0 aromatic carbocycles. The SMILES string of the molecule is CCC[CH2][Cs].O[Si](O)(O)O. The molecule has 0 aliphatic heterocycles. The molecule has 10 heavy (non-hydrogen) atoms. The van der Waals surface area contributed by atoms with E-state index in [0.29, 0.717) is 0 Å². The van der Waals surface area contributed by atoms with Gasteiger partial charge in [-0.1, -0.05) is 0 Å². The van der Waals surface area contributed by atoms with Gasteiger partial charge in [0.15, 0.2) is 0 Å². The second kappa shape index (κ2) is 9.20. The Labute approximate surface area is 109 Å². The largest absolute Gasteiger partial charge is 0.668 e. The van der Waals surface area contributed by atoms with Crippen LogP contribution in [-0.4, -0.2) is 94.2 Å². The monoisotopic (exact) mass is 286 g/mol. The van der Waals surface area contributed by atoms with E-state index in [-0.39, 0.29) is 0 Å². The van der Waals surface area contributed by atoms with Crippen LogP contribution in [0, 0.1) is 0 Å². The molecular formula is C4H13CsO4Si. The maximum Gasteiger partial charge on any atom is 0.668 e. The van der Waals surface area contributed by atoms with Crippen molar-refractivity contribution >= 4 is 75.0 Å². The van der Waals surface area contributed by atoms with Crippen molar-refractivity contribution in [2.75, 3.05) is 0 Å². The van der Waals surface area contributed by atoms with Crippen molar-refractivity contribution < 1.29 is 19.2 Å². The predicted molar refractivity (Wildman–Crippen MR) is 40.1 cm³/mol. The van der Waals surface area contributed by atoms with E-state index in [1.165, 1.54) is 12.8 Å². The zero-order valence-corrected chi connectivity index (χ0v) is 13.7. The Balaban J connectivity index is 0. The molecule has 0 aromatic rings. The molecule has 0 spiro atoms. The summed E-state index contributed by atoms with van der Waals surface area (Å²) in [6.45, 7) is 2.25. The molecule has 0 saturated heterocycles. The van der Waals surface area contributed by atoms with Crippen LogP contribution in [-0.2, 0) is 0 Å². The molecule has 58 valence electrons. The Kier molecular flexibility index (Phi) is 13.5. The molecule has 0 aliphatic rings. The zero-order valence-electron chi connectivity index (χ0n) is 6.41. The summed E-state index contributed by atoms with van der Waals surface area (Å²) >= 11 is 0.911. The normalized spacial score (nSPS) is 10.3. The number of unbranched alkanes of at least 4 members (excludes halogenated alkanes) is 1. The van der Waals surface area contributed by atoms with E-state index in [2.05, 4.69) is 6.92 Å². The average molecular weight is 286 g/mol. The first-order chi connectivity index (χ1) is 4.41. The molecule has 0 rings (SSSR count). The van der Waals surface area contributed by atoms with Crippen LogP contribution in [0.1, 0.15) is 19.8 Å². The molecule has 0 aromatic heterocycles. The summed E-state index contributed by atoms with van der Waals surface area (Å²) in [5, 5.41) is 0. The summed E-state index contributed by atoms with van der Waals surface area (Å²) in [5.74, 6) is 0. The third-order valence-electron chi connectivity index (χ3n) is 0.707. The van der Waals surface area contributed by atoms with E-state index in [9.17, 15) is 0 Å². The van der Waals surface area contributed by atoms with Crippen LogP contribution in [0.4, 0.5) is 0 Å². The Morgan fingerprint density at radius 2 is 1.50 bits per heavy atom. The van der Waals surface area contributed by atoms with Gasteiger partial charge in [-0.25, -0.2) is 0 Å². The minimum Gasteiger partial charge on any atom is -0.368 e. The molecule has 0 aliphatic carbocycles. The molecule has 0 unspecified atom stereocenters. The van der Waals surface area contributed by atoms with Crippen molar-refractivity contribution in [2.24, 2.45) is 0 Å². The number of rotatable bonds is 2. The first-order valence-corrected chi connectivity index (χ1v) is 9.54. The van der Waals surface area contributed by atoms with Gasteiger partial charge in [-0.15, -0.1) is 0 Å². The summed E-state index contributed by atoms with van der Waals surface area (Å²) in [7, 11) is -4.61. The predicted octanol–water partition coefficient (Wildman–Crippen LogP) is -1.24. The van der Waals surface area contributed by atoms with E-state index in [0.717, 1.165) is 65.9 Å². The first-order valence-electron chi connectivity index (χ1n) is 3.31. The molecule has 0 heterocycles. The van der Waals surface area contributed by atoms with Gasteiger partial charge in [0.2, 0.25) is 0 Å². The standard InChI is InChI=1S/C4H9.Cs.H4O4Si/c1-3-4-2;;1-5(2,3)4/h1,3-4H2,2H3;;1-4H. The zero-order chi connectivity index (χ0) is 8.62. The fourth-order valence-corrected chi connectivity index (χ4v) is 2.57. The summed E-state index contributed by atoms with van der Waals surface area (Å²) < 4.78 is 1.57. The molecule has 0 fully saturated rings. The topological polar surface area (TPSA) is 80.9 Å². The van der Waals surface area contributed by atoms with Crippen LogP contribution in [0.15, 0.2) is 0 Å². The fourth-order valence-electron chi connectivity index (χ4n) is 0.354. The van der Waals surface area contributed by atoms with Crippen molar-refractivity contribution in [3.63, 3.8) is 0 Å². The molecule has 0 atom stereocenters. The minimum atomic E-state index is -4.61. The maximum absolute atomic E-state index is 7.33. The van der Waals surface area contributed by atoms with Crippen LogP contribution < -0.4 is 0 Å². The summed E-state index contributed by atoms with van der Waals surface area (Å²) in [4.78, 5) is 29.3. The van der Waals surface area contributed by atoms with Gasteiger partial charge in [0.05, 0.1) is 0 Å². The van der Waals surface area contributed by atoms with Gasteiger partial charge >= 0.3 is 92.6 Å². The van der Waals surface area contributed by atoms with Crippen molar-refractivity contribution in [1.82, 2.24) is 0 Å². The van der Waals surface area contributed by atoms with Gasteiger partial charge in [0, 0.05) is 0 Å². The van der Waals surface area contributed by atoms with Gasteiger partial charge in [-0.05, 0) is 0 Å². The summed E-state index contributed by atoms with van der Waals surface area (Å²) in [5.41, 5.74) is 0.